The van der Waals surface area contributed by atoms with Crippen LogP contribution in [0, 0.1) is 5.92 Å². The molecule has 1 saturated heterocycles. The summed E-state index contributed by atoms with van der Waals surface area (Å²) in [7, 11) is 0. The van der Waals surface area contributed by atoms with E-state index in [4.69, 9.17) is 0 Å². The van der Waals surface area contributed by atoms with E-state index in [0.29, 0.717) is 6.54 Å². The fraction of sp³-hybridized carbons (Fsp3) is 0.545. The first-order valence-electron chi connectivity index (χ1n) is 5.59. The van der Waals surface area contributed by atoms with Gasteiger partial charge in [-0.1, -0.05) is 0 Å². The molecule has 1 aromatic heterocycles. The molecule has 0 atom stereocenters. The van der Waals surface area contributed by atoms with Gasteiger partial charge in [-0.3, -0.25) is 14.8 Å². The van der Waals surface area contributed by atoms with Gasteiger partial charge < -0.3 is 10.6 Å². The highest BCUT2D eigenvalue weighted by atomic mass is 16.1. The van der Waals surface area contributed by atoms with Crippen molar-refractivity contribution in [2.75, 3.05) is 13.1 Å². The van der Waals surface area contributed by atoms with Gasteiger partial charge in [-0.15, -0.1) is 0 Å². The van der Waals surface area contributed by atoms with Gasteiger partial charge in [0.1, 0.15) is 0 Å². The molecule has 1 aromatic rings. The zero-order valence-electron chi connectivity index (χ0n) is 9.15. The number of nitrogens with one attached hydrogen (secondary N) is 2. The average molecular weight is 220 g/mol. The van der Waals surface area contributed by atoms with Gasteiger partial charge in [0, 0.05) is 18.3 Å². The largest absolute Gasteiger partial charge is 0.350 e. The molecule has 0 radical (unpaired) electrons. The average Bonchev–Trinajstić information content (AvgIpc) is 2.38. The molecule has 5 nitrogen and oxygen atoms in total. The molecule has 0 aliphatic carbocycles. The van der Waals surface area contributed by atoms with Crippen molar-refractivity contribution in [3.63, 3.8) is 0 Å². The van der Waals surface area contributed by atoms with Crippen molar-refractivity contribution in [3.05, 3.63) is 24.3 Å². The topological polar surface area (TPSA) is 66.9 Å². The lowest BCUT2D eigenvalue weighted by molar-refractivity contribution is -0.125. The third-order valence-electron chi connectivity index (χ3n) is 2.77. The van der Waals surface area contributed by atoms with Crippen LogP contribution in [0.2, 0.25) is 0 Å². The van der Waals surface area contributed by atoms with Crippen LogP contribution in [0.4, 0.5) is 0 Å². The van der Waals surface area contributed by atoms with E-state index in [0.717, 1.165) is 31.6 Å². The normalized spacial score (nSPS) is 17.0. The molecule has 2 heterocycles. The van der Waals surface area contributed by atoms with Crippen LogP contribution in [0.5, 0.6) is 0 Å². The van der Waals surface area contributed by atoms with E-state index in [1.807, 2.05) is 0 Å². The van der Waals surface area contributed by atoms with Crippen LogP contribution < -0.4 is 10.6 Å². The van der Waals surface area contributed by atoms with E-state index in [9.17, 15) is 4.79 Å². The maximum atomic E-state index is 11.8. The molecule has 1 fully saturated rings. The predicted molar refractivity (Wildman–Crippen MR) is 59.5 cm³/mol. The quantitative estimate of drug-likeness (QED) is 0.757. The number of nitrogens with zero attached hydrogens (tertiary/aromatic N) is 2. The van der Waals surface area contributed by atoms with Crippen molar-refractivity contribution in [2.45, 2.75) is 19.4 Å². The number of aromatic nitrogens is 2. The monoisotopic (exact) mass is 220 g/mol. The Balaban J connectivity index is 1.79. The van der Waals surface area contributed by atoms with E-state index >= 15 is 0 Å². The molecule has 2 N–H and O–H groups in total. The predicted octanol–water partition coefficient (Wildman–Crippen LogP) is 0.0924. The lowest BCUT2D eigenvalue weighted by Gasteiger charge is -2.21. The third-order valence-corrected chi connectivity index (χ3v) is 2.77. The first-order chi connectivity index (χ1) is 7.86. The van der Waals surface area contributed by atoms with Gasteiger partial charge in [-0.25, -0.2) is 0 Å². The van der Waals surface area contributed by atoms with Crippen LogP contribution in [0.15, 0.2) is 18.6 Å². The fourth-order valence-corrected chi connectivity index (χ4v) is 1.83. The van der Waals surface area contributed by atoms with E-state index in [1.54, 1.807) is 18.6 Å². The summed E-state index contributed by atoms with van der Waals surface area (Å²) in [5.74, 6) is 0.282. The number of carbonyl (C=O) groups is 1. The van der Waals surface area contributed by atoms with Crippen molar-refractivity contribution in [1.29, 1.82) is 0 Å². The summed E-state index contributed by atoms with van der Waals surface area (Å²) in [6.07, 6.45) is 6.77. The van der Waals surface area contributed by atoms with Crippen LogP contribution >= 0.6 is 0 Å². The van der Waals surface area contributed by atoms with E-state index in [1.165, 1.54) is 0 Å². The number of hydrogen-bond acceptors (Lipinski definition) is 4. The number of rotatable bonds is 3. The van der Waals surface area contributed by atoms with Crippen molar-refractivity contribution in [3.8, 4) is 0 Å². The van der Waals surface area contributed by atoms with Gasteiger partial charge in [-0.05, 0) is 25.9 Å². The maximum Gasteiger partial charge on any atom is 0.223 e. The third kappa shape index (κ3) is 3.00. The molecule has 0 bridgehead atoms. The SMILES string of the molecule is O=C(NCc1cnccn1)C1CCNCC1. The Bertz CT molecular complexity index is 335. The lowest BCUT2D eigenvalue weighted by Crippen LogP contribution is -2.37. The summed E-state index contributed by atoms with van der Waals surface area (Å²) in [6, 6.07) is 0. The molecule has 0 saturated carbocycles. The zero-order chi connectivity index (χ0) is 11.2. The molecule has 2 rings (SSSR count). The molecule has 0 aromatic carbocycles. The van der Waals surface area contributed by atoms with Crippen molar-refractivity contribution < 1.29 is 4.79 Å². The summed E-state index contributed by atoms with van der Waals surface area (Å²) in [5, 5.41) is 6.14. The zero-order valence-corrected chi connectivity index (χ0v) is 9.15. The summed E-state index contributed by atoms with van der Waals surface area (Å²) in [6.45, 7) is 2.34. The molecule has 5 heteroatoms. The van der Waals surface area contributed by atoms with Crippen molar-refractivity contribution >= 4 is 5.91 Å². The maximum absolute atomic E-state index is 11.8. The molecule has 1 amide bonds. The summed E-state index contributed by atoms with van der Waals surface area (Å²) >= 11 is 0. The first kappa shape index (κ1) is 11.0. The Labute approximate surface area is 94.7 Å². The molecule has 0 unspecified atom stereocenters. The minimum atomic E-state index is 0.132. The van der Waals surface area contributed by atoms with Crippen molar-refractivity contribution in [1.82, 2.24) is 20.6 Å². The molecular weight excluding hydrogens is 204 g/mol. The lowest BCUT2D eigenvalue weighted by atomic mass is 9.97. The molecule has 0 spiro atoms. The number of piperidine rings is 1. The fourth-order valence-electron chi connectivity index (χ4n) is 1.83. The van der Waals surface area contributed by atoms with Gasteiger partial charge in [0.2, 0.25) is 5.91 Å². The highest BCUT2D eigenvalue weighted by molar-refractivity contribution is 5.78. The molecule has 1 aliphatic heterocycles. The number of hydrogen-bond donors (Lipinski definition) is 2. The number of amides is 1. The second-order valence-electron chi connectivity index (χ2n) is 3.94. The Morgan fingerprint density at radius 3 is 2.94 bits per heavy atom. The molecule has 1 aliphatic rings. The second kappa shape index (κ2) is 5.55. The smallest absolute Gasteiger partial charge is 0.223 e. The highest BCUT2D eigenvalue weighted by Crippen LogP contribution is 2.11. The Kier molecular flexibility index (Phi) is 3.82. The second-order valence-corrected chi connectivity index (χ2v) is 3.94. The minimum Gasteiger partial charge on any atom is -0.350 e. The van der Waals surface area contributed by atoms with Gasteiger partial charge >= 0.3 is 0 Å². The number of carbonyl (C=O) groups excluding carboxylic acids is 1. The van der Waals surface area contributed by atoms with Gasteiger partial charge in [0.25, 0.3) is 0 Å². The van der Waals surface area contributed by atoms with E-state index in [2.05, 4.69) is 20.6 Å². The standard InChI is InChI=1S/C11H16N4O/c16-11(9-1-3-12-4-2-9)15-8-10-7-13-5-6-14-10/h5-7,9,12H,1-4,8H2,(H,15,16). The van der Waals surface area contributed by atoms with Crippen LogP contribution in [0.3, 0.4) is 0 Å². The van der Waals surface area contributed by atoms with Crippen molar-refractivity contribution in [2.24, 2.45) is 5.92 Å². The summed E-state index contributed by atoms with van der Waals surface area (Å²) in [4.78, 5) is 19.8. The van der Waals surface area contributed by atoms with Crippen LogP contribution in [0.1, 0.15) is 18.5 Å². The van der Waals surface area contributed by atoms with E-state index < -0.39 is 0 Å². The molecular formula is C11H16N4O. The van der Waals surface area contributed by atoms with Gasteiger partial charge in [-0.2, -0.15) is 0 Å². The first-order valence-corrected chi connectivity index (χ1v) is 5.59. The summed E-state index contributed by atoms with van der Waals surface area (Å²) < 4.78 is 0. The van der Waals surface area contributed by atoms with Crippen LogP contribution in [-0.4, -0.2) is 29.0 Å². The van der Waals surface area contributed by atoms with Gasteiger partial charge in [0.15, 0.2) is 0 Å². The highest BCUT2D eigenvalue weighted by Gasteiger charge is 2.20. The molecule has 86 valence electrons. The van der Waals surface area contributed by atoms with E-state index in [-0.39, 0.29) is 11.8 Å². The molecule has 16 heavy (non-hydrogen) atoms. The van der Waals surface area contributed by atoms with Gasteiger partial charge in [0.05, 0.1) is 18.4 Å². The Morgan fingerprint density at radius 1 is 1.44 bits per heavy atom. The Morgan fingerprint density at radius 2 is 2.25 bits per heavy atom. The minimum absolute atomic E-state index is 0.132. The van der Waals surface area contributed by atoms with Crippen LogP contribution in [-0.2, 0) is 11.3 Å². The Hall–Kier alpha value is -1.49. The van der Waals surface area contributed by atoms with Crippen LogP contribution in [0.25, 0.3) is 0 Å². The summed E-state index contributed by atoms with van der Waals surface area (Å²) in [5.41, 5.74) is 0.796.